The number of hydrogen-bond donors (Lipinski definition) is 5. The van der Waals surface area contributed by atoms with E-state index in [1.807, 2.05) is 64.1 Å². The molecular weight excluding hydrogens is 1080 g/mol. The number of nitrogen functional groups attached to an aromatic ring is 1. The Hall–Kier alpha value is -7.05. The van der Waals surface area contributed by atoms with E-state index in [9.17, 15) is 33.2 Å². The van der Waals surface area contributed by atoms with Crippen LogP contribution in [0.25, 0.3) is 11.1 Å². The van der Waals surface area contributed by atoms with Gasteiger partial charge in [-0.05, 0) is 86.9 Å². The summed E-state index contributed by atoms with van der Waals surface area (Å²) in [5.74, 6) is -1.21. The number of hydrogen-bond acceptors (Lipinski definition) is 16. The summed E-state index contributed by atoms with van der Waals surface area (Å²) in [7, 11) is 4.92. The molecule has 2 bridgehead atoms. The van der Waals surface area contributed by atoms with Gasteiger partial charge in [-0.3, -0.25) is 28.8 Å². The van der Waals surface area contributed by atoms with Crippen LogP contribution in [0.3, 0.4) is 0 Å². The molecule has 7 rings (SSSR count). The number of halogens is 1. The van der Waals surface area contributed by atoms with Gasteiger partial charge in [0, 0.05) is 69.3 Å². The number of nitrogens with two attached hydrogens (primary N) is 1. The van der Waals surface area contributed by atoms with Crippen molar-refractivity contribution in [3.63, 3.8) is 0 Å². The van der Waals surface area contributed by atoms with Crippen LogP contribution in [0.2, 0.25) is 0 Å². The highest BCUT2D eigenvalue weighted by molar-refractivity contribution is 5.97. The quantitative estimate of drug-likeness (QED) is 0.0433. The average Bonchev–Trinajstić information content (AvgIpc) is 2.53. The molecule has 3 aliphatic rings. The summed E-state index contributed by atoms with van der Waals surface area (Å²) in [4.78, 5) is 91.3. The fourth-order valence-electron chi connectivity index (χ4n) is 11.0. The van der Waals surface area contributed by atoms with Gasteiger partial charge in [-0.1, -0.05) is 58.0 Å². The van der Waals surface area contributed by atoms with Crippen LogP contribution in [-0.2, 0) is 56.0 Å². The minimum absolute atomic E-state index is 0.0343. The number of amides is 5. The predicted octanol–water partition coefficient (Wildman–Crippen LogP) is 5.29. The number of carbonyl (C=O) groups is 6. The van der Waals surface area contributed by atoms with Crippen molar-refractivity contribution < 1.29 is 56.8 Å². The Morgan fingerprint density at radius 3 is 2.23 bits per heavy atom. The van der Waals surface area contributed by atoms with Crippen LogP contribution in [0.15, 0.2) is 60.8 Å². The Morgan fingerprint density at radius 2 is 1.57 bits per heavy atom. The lowest BCUT2D eigenvalue weighted by atomic mass is 9.85. The first-order chi connectivity index (χ1) is 40.3. The number of anilines is 2. The molecule has 4 aromatic rings. The van der Waals surface area contributed by atoms with Gasteiger partial charge in [0.05, 0.1) is 102 Å². The third-order valence-electron chi connectivity index (χ3n) is 15.6. The first-order valence-corrected chi connectivity index (χ1v) is 29.3. The van der Waals surface area contributed by atoms with Crippen LogP contribution in [0, 0.1) is 11.2 Å². The maximum absolute atomic E-state index is 14.7. The number of rotatable bonds is 29. The average molecular weight is 1170 g/mol. The van der Waals surface area contributed by atoms with Crippen molar-refractivity contribution in [3.05, 3.63) is 89.0 Å². The number of fused-ring (bicyclic) bond motifs is 8. The zero-order chi connectivity index (χ0) is 60.5. The van der Waals surface area contributed by atoms with E-state index < -0.39 is 41.3 Å². The molecule has 84 heavy (non-hydrogen) atoms. The number of likely N-dealkylation sites (N-methyl/N-ethyl adjacent to an activating group) is 1. The molecule has 0 radical (unpaired) electrons. The number of aryl methyl sites for hydroxylation is 1. The summed E-state index contributed by atoms with van der Waals surface area (Å²) >= 11 is 0. The Balaban J connectivity index is 0.779. The number of methoxy groups -OCH3 is 1. The van der Waals surface area contributed by atoms with E-state index in [1.54, 1.807) is 50.0 Å². The van der Waals surface area contributed by atoms with Crippen LogP contribution in [-0.4, -0.2) is 171 Å². The second-order valence-corrected chi connectivity index (χ2v) is 22.7. The van der Waals surface area contributed by atoms with Crippen molar-refractivity contribution in [2.75, 3.05) is 97.8 Å². The summed E-state index contributed by atoms with van der Waals surface area (Å²) in [6, 6.07) is 12.4. The molecule has 5 heterocycles. The van der Waals surface area contributed by atoms with Crippen molar-refractivity contribution in [1.82, 2.24) is 45.8 Å². The minimum atomic E-state index is -0.932. The molecule has 6 atom stereocenters. The summed E-state index contributed by atoms with van der Waals surface area (Å²) in [5.41, 5.74) is 10.4. The molecule has 23 heteroatoms. The normalized spacial score (nSPS) is 17.9. The minimum Gasteiger partial charge on any atom is -0.481 e. The third-order valence-corrected chi connectivity index (χ3v) is 15.6. The largest absolute Gasteiger partial charge is 0.481 e. The number of nitrogens with zero attached hydrogens (tertiary/aromatic N) is 6. The molecule has 22 nitrogen and oxygen atoms in total. The molecule has 0 saturated carbocycles. The zero-order valence-corrected chi connectivity index (χ0v) is 50.0. The van der Waals surface area contributed by atoms with Gasteiger partial charge >= 0.3 is 0 Å². The Kier molecular flexibility index (Phi) is 23.6. The SMILES string of the molecule is CC[C@H](NC(=O)[C@H]1C[C@@H](NC(=O)CCOCCOCCOCCOCCC(=O)CCCn2nc3c(c2OC)-c2cnc(N)c(c2)N2CCC[C@@H]2c2cc(F)ccc2C(=O)N(C)C3)CN1C(=O)[C@H](NC(=O)[C@@H](C)NC)C(C)(C)C)c1ccccc1. The van der Waals surface area contributed by atoms with E-state index in [1.165, 1.54) is 17.0 Å². The number of pyridine rings is 1. The van der Waals surface area contributed by atoms with Gasteiger partial charge in [0.25, 0.3) is 5.91 Å². The van der Waals surface area contributed by atoms with Crippen LogP contribution in [0.4, 0.5) is 15.9 Å². The predicted molar refractivity (Wildman–Crippen MR) is 314 cm³/mol. The van der Waals surface area contributed by atoms with Gasteiger partial charge in [0.1, 0.15) is 29.5 Å². The van der Waals surface area contributed by atoms with Crippen LogP contribution in [0.1, 0.15) is 125 Å². The van der Waals surface area contributed by atoms with Gasteiger partial charge in [-0.2, -0.15) is 5.10 Å². The van der Waals surface area contributed by atoms with E-state index in [0.29, 0.717) is 97.7 Å². The highest BCUT2D eigenvalue weighted by Gasteiger charge is 2.46. The number of aromatic nitrogens is 3. The molecule has 0 unspecified atom stereocenters. The van der Waals surface area contributed by atoms with E-state index in [-0.39, 0.29) is 107 Å². The van der Waals surface area contributed by atoms with Gasteiger partial charge < -0.3 is 65.4 Å². The lowest BCUT2D eigenvalue weighted by Crippen LogP contribution is -2.59. The molecule has 2 saturated heterocycles. The molecule has 458 valence electrons. The third kappa shape index (κ3) is 16.9. The molecule has 0 aliphatic carbocycles. The van der Waals surface area contributed by atoms with Crippen LogP contribution in [0.5, 0.6) is 5.88 Å². The molecule has 2 aromatic heterocycles. The fourth-order valence-corrected chi connectivity index (χ4v) is 11.0. The topological polar surface area (TPSA) is 263 Å². The first-order valence-electron chi connectivity index (χ1n) is 29.3. The summed E-state index contributed by atoms with van der Waals surface area (Å²) in [5, 5.41) is 16.8. The molecule has 0 spiro atoms. The maximum Gasteiger partial charge on any atom is 0.254 e. The van der Waals surface area contributed by atoms with Gasteiger partial charge in [-0.15, -0.1) is 0 Å². The van der Waals surface area contributed by atoms with E-state index in [0.717, 1.165) is 18.4 Å². The second kappa shape index (κ2) is 30.7. The fraction of sp³-hybridized carbons (Fsp3) is 0.574. The number of ketones is 1. The summed E-state index contributed by atoms with van der Waals surface area (Å²) in [6.45, 7) is 12.7. The summed E-state index contributed by atoms with van der Waals surface area (Å²) in [6.07, 6.45) is 5.10. The monoisotopic (exact) mass is 1170 g/mol. The maximum atomic E-state index is 14.7. The Bertz CT molecular complexity index is 2890. The molecule has 5 amide bonds. The number of carbonyl (C=O) groups excluding carboxylic acids is 6. The summed E-state index contributed by atoms with van der Waals surface area (Å²) < 4.78 is 45.0. The molecule has 3 aliphatic heterocycles. The molecule has 6 N–H and O–H groups in total. The van der Waals surface area contributed by atoms with Crippen LogP contribution >= 0.6 is 0 Å². The van der Waals surface area contributed by atoms with Crippen molar-refractivity contribution in [2.45, 2.75) is 135 Å². The lowest BCUT2D eigenvalue weighted by Gasteiger charge is -2.36. The van der Waals surface area contributed by atoms with Crippen molar-refractivity contribution in [2.24, 2.45) is 5.41 Å². The molecule has 2 aromatic carbocycles. The molecule has 2 fully saturated rings. The van der Waals surface area contributed by atoms with Gasteiger partial charge in [0.15, 0.2) is 0 Å². The van der Waals surface area contributed by atoms with Gasteiger partial charge in [-0.25, -0.2) is 14.1 Å². The van der Waals surface area contributed by atoms with Crippen molar-refractivity contribution in [3.8, 4) is 17.0 Å². The highest BCUT2D eigenvalue weighted by atomic mass is 19.1. The molecular formula is C61H86FN11O11. The standard InChI is InChI=1S/C61H86FN11O11/c1-9-47(40-15-11-10-12-16-40)67-57(77)51-35-43(37-72(51)59(79)54(61(3,4)5)68-56(76)39(2)64-6)66-52(75)22-26-82-28-30-84-32-31-83-29-27-81-25-21-44(74)17-13-24-73-60(80-8)53-41-33-50(55(63)65-36-41)71-23-14-18-49(71)46-34-42(62)19-20-45(46)58(78)70(7)38-48(53)69-73/h10-12,15-16,19-20,33-34,36,39,43,47,49,51,54,64H,9,13-14,17-18,21-32,35,37-38H2,1-8H3,(H2,63,65)(H,66,75)(H,67,77)(H,68,76)/t39-,43-,47+,49-,51-,54+/m1/s1. The number of likely N-dealkylation sites (tertiary alicyclic amines) is 1. The lowest BCUT2D eigenvalue weighted by molar-refractivity contribution is -0.144. The van der Waals surface area contributed by atoms with Crippen LogP contribution < -0.4 is 36.6 Å². The van der Waals surface area contributed by atoms with Crippen molar-refractivity contribution >= 4 is 46.8 Å². The zero-order valence-electron chi connectivity index (χ0n) is 50.0. The van der Waals surface area contributed by atoms with E-state index in [2.05, 4.69) is 31.2 Å². The van der Waals surface area contributed by atoms with Gasteiger partial charge in [0.2, 0.25) is 29.5 Å². The number of benzene rings is 2. The second-order valence-electron chi connectivity index (χ2n) is 22.7. The first kappa shape index (κ1) is 64.5. The number of ether oxygens (including phenoxy) is 5. The Morgan fingerprint density at radius 1 is 0.893 bits per heavy atom. The number of nitrogens with one attached hydrogen (secondary N) is 4. The smallest absolute Gasteiger partial charge is 0.254 e. The highest BCUT2D eigenvalue weighted by Crippen LogP contribution is 2.44. The number of Topliss-reactive ketones (excluding diaryl/α,β-unsaturated/α-hetero) is 1. The van der Waals surface area contributed by atoms with E-state index in [4.69, 9.17) is 34.5 Å². The van der Waals surface area contributed by atoms with Crippen molar-refractivity contribution in [1.29, 1.82) is 0 Å². The van der Waals surface area contributed by atoms with E-state index >= 15 is 0 Å². The Labute approximate surface area is 492 Å².